The van der Waals surface area contributed by atoms with Gasteiger partial charge in [0.1, 0.15) is 11.9 Å². The van der Waals surface area contributed by atoms with Gasteiger partial charge in [-0.15, -0.1) is 0 Å². The van der Waals surface area contributed by atoms with Gasteiger partial charge in [0, 0.05) is 24.4 Å². The summed E-state index contributed by atoms with van der Waals surface area (Å²) in [7, 11) is 0. The van der Waals surface area contributed by atoms with Crippen LogP contribution in [0.3, 0.4) is 0 Å². The van der Waals surface area contributed by atoms with Crippen LogP contribution >= 0.6 is 0 Å². The average Bonchev–Trinajstić information content (AvgIpc) is 2.89. The van der Waals surface area contributed by atoms with E-state index in [0.29, 0.717) is 5.92 Å². The number of hydrogen-bond acceptors (Lipinski definition) is 4. The summed E-state index contributed by atoms with van der Waals surface area (Å²) in [6.07, 6.45) is 3.56. The van der Waals surface area contributed by atoms with Crippen LogP contribution < -0.4 is 10.6 Å². The van der Waals surface area contributed by atoms with Crippen molar-refractivity contribution < 1.29 is 4.79 Å². The van der Waals surface area contributed by atoms with Crippen LogP contribution in [0.25, 0.3) is 5.65 Å². The van der Waals surface area contributed by atoms with Crippen LogP contribution in [0.1, 0.15) is 38.3 Å². The van der Waals surface area contributed by atoms with Gasteiger partial charge < -0.3 is 10.6 Å². The first-order chi connectivity index (χ1) is 9.65. The molecule has 6 heteroatoms. The molecule has 0 radical (unpaired) electrons. The number of hydrogen-bond donors (Lipinski definition) is 2. The molecule has 0 aromatic carbocycles. The van der Waals surface area contributed by atoms with Gasteiger partial charge in [-0.1, -0.05) is 13.8 Å². The zero-order valence-corrected chi connectivity index (χ0v) is 11.8. The molecule has 2 N–H and O–H groups in total. The van der Waals surface area contributed by atoms with Gasteiger partial charge in [-0.25, -0.2) is 4.98 Å². The molecule has 3 rings (SSSR count). The van der Waals surface area contributed by atoms with Crippen LogP contribution in [0.5, 0.6) is 0 Å². The van der Waals surface area contributed by atoms with Gasteiger partial charge in [-0.2, -0.15) is 9.61 Å². The standard InChI is InChI=1S/C14H19N5O/c1-9(2)11-8-13(19-12(18-11)5-7-16-19)17-10-4-3-6-15-14(10)20/h5,7-10,17H,3-4,6H2,1-2H3,(H,15,20). The van der Waals surface area contributed by atoms with E-state index in [1.807, 2.05) is 12.1 Å². The van der Waals surface area contributed by atoms with Gasteiger partial charge in [-0.05, 0) is 18.8 Å². The summed E-state index contributed by atoms with van der Waals surface area (Å²) < 4.78 is 1.74. The van der Waals surface area contributed by atoms with Crippen molar-refractivity contribution in [3.05, 3.63) is 24.0 Å². The second-order valence-corrected chi connectivity index (χ2v) is 5.45. The largest absolute Gasteiger partial charge is 0.358 e. The molecular formula is C14H19N5O. The highest BCUT2D eigenvalue weighted by Gasteiger charge is 2.23. The molecule has 3 heterocycles. The lowest BCUT2D eigenvalue weighted by Crippen LogP contribution is -2.44. The van der Waals surface area contributed by atoms with Gasteiger partial charge in [0.15, 0.2) is 5.65 Å². The molecule has 0 aliphatic carbocycles. The fraction of sp³-hybridized carbons (Fsp3) is 0.500. The van der Waals surface area contributed by atoms with E-state index in [1.54, 1.807) is 10.7 Å². The lowest BCUT2D eigenvalue weighted by Gasteiger charge is -2.24. The molecular weight excluding hydrogens is 254 g/mol. The number of rotatable bonds is 3. The van der Waals surface area contributed by atoms with E-state index in [4.69, 9.17) is 0 Å². The smallest absolute Gasteiger partial charge is 0.242 e. The average molecular weight is 273 g/mol. The summed E-state index contributed by atoms with van der Waals surface area (Å²) in [5, 5.41) is 10.5. The number of aromatic nitrogens is 3. The summed E-state index contributed by atoms with van der Waals surface area (Å²) in [6, 6.07) is 3.66. The second kappa shape index (κ2) is 5.11. The molecule has 2 aromatic heterocycles. The van der Waals surface area contributed by atoms with Crippen LogP contribution in [0.15, 0.2) is 18.3 Å². The fourth-order valence-electron chi connectivity index (χ4n) is 2.42. The van der Waals surface area contributed by atoms with E-state index < -0.39 is 0 Å². The van der Waals surface area contributed by atoms with E-state index in [-0.39, 0.29) is 11.9 Å². The summed E-state index contributed by atoms with van der Waals surface area (Å²) in [5.41, 5.74) is 1.80. The first kappa shape index (κ1) is 12.9. The number of carbonyl (C=O) groups excluding carboxylic acids is 1. The van der Waals surface area contributed by atoms with Gasteiger partial charge in [0.2, 0.25) is 5.91 Å². The first-order valence-corrected chi connectivity index (χ1v) is 7.04. The number of carbonyl (C=O) groups is 1. The maximum Gasteiger partial charge on any atom is 0.242 e. The molecule has 106 valence electrons. The molecule has 1 atom stereocenters. The van der Waals surface area contributed by atoms with E-state index in [9.17, 15) is 4.79 Å². The summed E-state index contributed by atoms with van der Waals surface area (Å²) in [6.45, 7) is 4.97. The Labute approximate surface area is 117 Å². The number of nitrogens with zero attached hydrogens (tertiary/aromatic N) is 3. The van der Waals surface area contributed by atoms with Gasteiger partial charge in [-0.3, -0.25) is 4.79 Å². The van der Waals surface area contributed by atoms with E-state index >= 15 is 0 Å². The van der Waals surface area contributed by atoms with Crippen molar-refractivity contribution in [1.29, 1.82) is 0 Å². The normalized spacial score (nSPS) is 19.4. The zero-order chi connectivity index (χ0) is 14.1. The van der Waals surface area contributed by atoms with Crippen LogP contribution in [0, 0.1) is 0 Å². The Morgan fingerprint density at radius 1 is 1.50 bits per heavy atom. The van der Waals surface area contributed by atoms with Crippen LogP contribution in [-0.4, -0.2) is 33.1 Å². The Morgan fingerprint density at radius 3 is 3.10 bits per heavy atom. The molecule has 1 amide bonds. The summed E-state index contributed by atoms with van der Waals surface area (Å²) in [4.78, 5) is 16.4. The maximum absolute atomic E-state index is 11.9. The van der Waals surface area contributed by atoms with Crippen molar-refractivity contribution in [1.82, 2.24) is 19.9 Å². The monoisotopic (exact) mass is 273 g/mol. The number of amides is 1. The topological polar surface area (TPSA) is 71.3 Å². The van der Waals surface area contributed by atoms with E-state index in [0.717, 1.165) is 36.5 Å². The van der Waals surface area contributed by atoms with Gasteiger partial charge >= 0.3 is 0 Å². The molecule has 1 aliphatic rings. The van der Waals surface area contributed by atoms with Gasteiger partial charge in [0.25, 0.3) is 0 Å². The zero-order valence-electron chi connectivity index (χ0n) is 11.8. The molecule has 2 aromatic rings. The lowest BCUT2D eigenvalue weighted by molar-refractivity contribution is -0.123. The highest BCUT2D eigenvalue weighted by Crippen LogP contribution is 2.20. The fourth-order valence-corrected chi connectivity index (χ4v) is 2.42. The first-order valence-electron chi connectivity index (χ1n) is 7.04. The Morgan fingerprint density at radius 2 is 2.35 bits per heavy atom. The lowest BCUT2D eigenvalue weighted by atomic mass is 10.1. The van der Waals surface area contributed by atoms with Crippen molar-refractivity contribution in [2.45, 2.75) is 38.6 Å². The van der Waals surface area contributed by atoms with Crippen molar-refractivity contribution in [3.63, 3.8) is 0 Å². The van der Waals surface area contributed by atoms with Crippen molar-refractivity contribution in [3.8, 4) is 0 Å². The van der Waals surface area contributed by atoms with Gasteiger partial charge in [0.05, 0.1) is 6.20 Å². The third-order valence-electron chi connectivity index (χ3n) is 3.58. The third kappa shape index (κ3) is 2.33. The third-order valence-corrected chi connectivity index (χ3v) is 3.58. The molecule has 1 unspecified atom stereocenters. The van der Waals surface area contributed by atoms with E-state index in [1.165, 1.54) is 0 Å². The number of nitrogens with one attached hydrogen (secondary N) is 2. The quantitative estimate of drug-likeness (QED) is 0.890. The Balaban J connectivity index is 1.96. The van der Waals surface area contributed by atoms with Crippen molar-refractivity contribution in [2.75, 3.05) is 11.9 Å². The molecule has 6 nitrogen and oxygen atoms in total. The molecule has 1 fully saturated rings. The molecule has 1 saturated heterocycles. The second-order valence-electron chi connectivity index (χ2n) is 5.45. The van der Waals surface area contributed by atoms with Crippen LogP contribution in [-0.2, 0) is 4.79 Å². The molecule has 0 spiro atoms. The predicted molar refractivity (Wildman–Crippen MR) is 76.7 cm³/mol. The van der Waals surface area contributed by atoms with Crippen LogP contribution in [0.4, 0.5) is 5.82 Å². The molecule has 20 heavy (non-hydrogen) atoms. The van der Waals surface area contributed by atoms with Crippen molar-refractivity contribution >= 4 is 17.4 Å². The van der Waals surface area contributed by atoms with E-state index in [2.05, 4.69) is 34.6 Å². The Kier molecular flexibility index (Phi) is 3.30. The van der Waals surface area contributed by atoms with Crippen LogP contribution in [0.2, 0.25) is 0 Å². The molecule has 1 aliphatic heterocycles. The highest BCUT2D eigenvalue weighted by atomic mass is 16.2. The summed E-state index contributed by atoms with van der Waals surface area (Å²) >= 11 is 0. The minimum absolute atomic E-state index is 0.0551. The predicted octanol–water partition coefficient (Wildman–Crippen LogP) is 1.54. The minimum atomic E-state index is -0.196. The number of anilines is 1. The van der Waals surface area contributed by atoms with Crippen molar-refractivity contribution in [2.24, 2.45) is 0 Å². The summed E-state index contributed by atoms with van der Waals surface area (Å²) in [5.74, 6) is 1.21. The highest BCUT2D eigenvalue weighted by molar-refractivity contribution is 5.85. The molecule has 0 bridgehead atoms. The SMILES string of the molecule is CC(C)c1cc(NC2CCCNC2=O)n2nccc2n1. The molecule has 0 saturated carbocycles. The number of piperidine rings is 1. The number of fused-ring (bicyclic) bond motifs is 1. The Bertz CT molecular complexity index is 634. The Hall–Kier alpha value is -2.11. The minimum Gasteiger partial charge on any atom is -0.358 e. The maximum atomic E-state index is 11.9.